The summed E-state index contributed by atoms with van der Waals surface area (Å²) in [5, 5.41) is 0. The first-order valence-corrected chi connectivity index (χ1v) is 14.7. The van der Waals surface area contributed by atoms with E-state index in [0.29, 0.717) is 18.4 Å². The predicted molar refractivity (Wildman–Crippen MR) is 158 cm³/mol. The fraction of sp³-hybridized carbons (Fsp3) is 0.667. The second-order valence-corrected chi connectivity index (χ2v) is 10.3. The van der Waals surface area contributed by atoms with Crippen molar-refractivity contribution >= 4 is 17.9 Å². The Morgan fingerprint density at radius 2 is 1.36 bits per heavy atom. The normalized spacial score (nSPS) is 12.2. The number of hydrogen-bond acceptors (Lipinski definition) is 6. The van der Waals surface area contributed by atoms with Crippen LogP contribution in [0.25, 0.3) is 0 Å². The molecule has 6 heteroatoms. The van der Waals surface area contributed by atoms with Gasteiger partial charge in [0.2, 0.25) is 0 Å². The van der Waals surface area contributed by atoms with Crippen molar-refractivity contribution in [1.29, 1.82) is 0 Å². The van der Waals surface area contributed by atoms with Gasteiger partial charge in [0.1, 0.15) is 6.10 Å². The lowest BCUT2D eigenvalue weighted by molar-refractivity contribution is -0.146. The molecule has 0 N–H and O–H groups in total. The molecule has 0 radical (unpaired) electrons. The molecule has 0 aromatic heterocycles. The predicted octanol–water partition coefficient (Wildman–Crippen LogP) is 8.31. The van der Waals surface area contributed by atoms with E-state index in [0.717, 1.165) is 30.4 Å². The van der Waals surface area contributed by atoms with Crippen molar-refractivity contribution in [2.75, 3.05) is 6.61 Å². The lowest BCUT2D eigenvalue weighted by atomic mass is 10.0. The topological polar surface area (TPSA) is 78.9 Å². The van der Waals surface area contributed by atoms with Gasteiger partial charge in [0.15, 0.2) is 0 Å². The maximum Gasteiger partial charge on any atom is 0.307 e. The zero-order chi connectivity index (χ0) is 29.3. The quantitative estimate of drug-likeness (QED) is 0.0504. The highest BCUT2D eigenvalue weighted by atomic mass is 16.6. The van der Waals surface area contributed by atoms with Crippen LogP contribution < -0.4 is 0 Å². The monoisotopic (exact) mass is 544 g/mol. The molecule has 0 aliphatic heterocycles. The molecule has 6 nitrogen and oxygen atoms in total. The molecular weight excluding hydrogens is 492 g/mol. The molecule has 1 unspecified atom stereocenters. The van der Waals surface area contributed by atoms with Crippen LogP contribution in [-0.4, -0.2) is 30.6 Å². The summed E-state index contributed by atoms with van der Waals surface area (Å²) in [5.74, 6) is 4.83. The third-order valence-corrected chi connectivity index (χ3v) is 6.00. The van der Waals surface area contributed by atoms with Crippen LogP contribution in [0.1, 0.15) is 131 Å². The van der Waals surface area contributed by atoms with Gasteiger partial charge in [0.25, 0.3) is 0 Å². The molecule has 0 aromatic carbocycles. The molecule has 220 valence electrons. The molecule has 0 spiro atoms. The number of ether oxygens (including phenoxy) is 3. The number of rotatable bonds is 20. The molecule has 0 aliphatic carbocycles. The van der Waals surface area contributed by atoms with Crippen LogP contribution >= 0.6 is 0 Å². The van der Waals surface area contributed by atoms with E-state index >= 15 is 0 Å². The minimum atomic E-state index is -0.660. The third kappa shape index (κ3) is 24.0. The molecule has 0 fully saturated rings. The largest absolute Gasteiger partial charge is 0.465 e. The Balaban J connectivity index is 4.67. The zero-order valence-corrected chi connectivity index (χ0v) is 25.4. The minimum Gasteiger partial charge on any atom is -0.465 e. The van der Waals surface area contributed by atoms with Gasteiger partial charge in [-0.2, -0.15) is 0 Å². The Bertz CT molecular complexity index is 864. The van der Waals surface area contributed by atoms with E-state index < -0.39 is 18.0 Å². The van der Waals surface area contributed by atoms with E-state index in [-0.39, 0.29) is 19.0 Å². The minimum absolute atomic E-state index is 0.116. The Kier molecular flexibility index (Phi) is 22.5. The van der Waals surface area contributed by atoms with E-state index in [2.05, 4.69) is 18.8 Å². The molecule has 0 heterocycles. The lowest BCUT2D eigenvalue weighted by Gasteiger charge is -2.19. The average molecular weight is 545 g/mol. The highest BCUT2D eigenvalue weighted by molar-refractivity contribution is 5.69. The van der Waals surface area contributed by atoms with E-state index in [1.165, 1.54) is 71.5 Å². The molecule has 0 aliphatic rings. The second kappa shape index (κ2) is 24.2. The van der Waals surface area contributed by atoms with Crippen molar-refractivity contribution in [2.24, 2.45) is 0 Å². The van der Waals surface area contributed by atoms with Gasteiger partial charge < -0.3 is 14.2 Å². The molecule has 39 heavy (non-hydrogen) atoms. The smallest absolute Gasteiger partial charge is 0.307 e. The van der Waals surface area contributed by atoms with Gasteiger partial charge in [0, 0.05) is 38.7 Å². The third-order valence-electron chi connectivity index (χ3n) is 6.00. The van der Waals surface area contributed by atoms with Gasteiger partial charge in [-0.15, -0.1) is 0 Å². The van der Waals surface area contributed by atoms with Crippen molar-refractivity contribution in [3.05, 3.63) is 35.1 Å². The Hall–Kier alpha value is -2.81. The number of carbonyl (C=O) groups excluding carboxylic acids is 3. The molecule has 0 rings (SSSR count). The number of hydrogen-bond donors (Lipinski definition) is 0. The van der Waals surface area contributed by atoms with Gasteiger partial charge in [0.05, 0.1) is 12.9 Å². The summed E-state index contributed by atoms with van der Waals surface area (Å²) in [6.45, 7) is 10.8. The lowest BCUT2D eigenvalue weighted by Crippen LogP contribution is -2.21. The molecule has 0 bridgehead atoms. The summed E-state index contributed by atoms with van der Waals surface area (Å²) in [7, 11) is 0. The van der Waals surface area contributed by atoms with Crippen LogP contribution in [0.2, 0.25) is 0 Å². The maximum absolute atomic E-state index is 12.2. The van der Waals surface area contributed by atoms with Crippen LogP contribution in [0.5, 0.6) is 0 Å². The van der Waals surface area contributed by atoms with Crippen LogP contribution in [0, 0.1) is 11.8 Å². The molecular formula is C33H52O6. The van der Waals surface area contributed by atoms with Crippen LogP contribution in [0.4, 0.5) is 0 Å². The first-order chi connectivity index (χ1) is 18.6. The molecule has 0 aromatic rings. The number of allylic oxidation sites excluding steroid dienone is 3. The van der Waals surface area contributed by atoms with E-state index in [4.69, 9.17) is 14.2 Å². The molecule has 0 saturated heterocycles. The molecule has 0 amide bonds. The first kappa shape index (κ1) is 36.2. The summed E-state index contributed by atoms with van der Waals surface area (Å²) in [6, 6.07) is 0. The molecule has 0 saturated carbocycles. The summed E-state index contributed by atoms with van der Waals surface area (Å²) in [4.78, 5) is 35.4. The number of carbonyl (C=O) groups is 3. The van der Waals surface area contributed by atoms with Gasteiger partial charge in [-0.1, -0.05) is 94.6 Å². The summed E-state index contributed by atoms with van der Waals surface area (Å²) >= 11 is 0. The number of unbranched alkanes of at least 4 members (excludes halogenated alkanes) is 10. The number of esters is 3. The first-order valence-electron chi connectivity index (χ1n) is 14.7. The van der Waals surface area contributed by atoms with Gasteiger partial charge in [-0.3, -0.25) is 14.4 Å². The van der Waals surface area contributed by atoms with Gasteiger partial charge in [-0.05, 0) is 38.8 Å². The summed E-state index contributed by atoms with van der Waals surface area (Å²) in [6.07, 6.45) is 18.8. The van der Waals surface area contributed by atoms with Crippen molar-refractivity contribution in [1.82, 2.24) is 0 Å². The summed E-state index contributed by atoms with van der Waals surface area (Å²) < 4.78 is 16.0. The van der Waals surface area contributed by atoms with Crippen LogP contribution in [0.3, 0.4) is 0 Å². The average Bonchev–Trinajstić information content (AvgIpc) is 2.86. The Morgan fingerprint density at radius 1 is 0.769 bits per heavy atom. The van der Waals surface area contributed by atoms with Crippen molar-refractivity contribution in [3.63, 3.8) is 0 Å². The van der Waals surface area contributed by atoms with Crippen LogP contribution in [-0.2, 0) is 28.6 Å². The van der Waals surface area contributed by atoms with Crippen LogP contribution in [0.15, 0.2) is 35.1 Å². The van der Waals surface area contributed by atoms with Crippen molar-refractivity contribution in [2.45, 2.75) is 138 Å². The zero-order valence-electron chi connectivity index (χ0n) is 25.4. The molecule has 1 atom stereocenters. The van der Waals surface area contributed by atoms with Gasteiger partial charge >= 0.3 is 17.9 Å². The maximum atomic E-state index is 12.2. The van der Waals surface area contributed by atoms with E-state index in [9.17, 15) is 14.4 Å². The Morgan fingerprint density at radius 3 is 1.90 bits per heavy atom. The van der Waals surface area contributed by atoms with E-state index in [1.54, 1.807) is 0 Å². The van der Waals surface area contributed by atoms with Crippen molar-refractivity contribution in [3.8, 4) is 11.8 Å². The standard InChI is InChI=1S/C33H52O6/c1-7-8-9-10-11-12-13-14-15-16-17-21-33(36)37-25-24-31(26-38-29(5)34)32(39-30(6)35)23-22-28(4)20-18-19-27(2)3/h19,22,26,32H,7-17,21,23-25H2,1-6H3. The second-order valence-electron chi connectivity index (χ2n) is 10.3. The van der Waals surface area contributed by atoms with E-state index in [1.807, 2.05) is 32.9 Å². The summed E-state index contributed by atoms with van der Waals surface area (Å²) in [5.41, 5.74) is 2.50. The van der Waals surface area contributed by atoms with Gasteiger partial charge in [-0.25, -0.2) is 0 Å². The Labute approximate surface area is 237 Å². The highest BCUT2D eigenvalue weighted by Crippen LogP contribution is 2.18. The SMILES string of the molecule is CCCCCCCCCCCCCC(=O)OCCC(=COC(C)=O)C(CC=C(C)C#CC=C(C)C)OC(C)=O. The fourth-order valence-electron chi connectivity index (χ4n) is 3.85. The highest BCUT2D eigenvalue weighted by Gasteiger charge is 2.18. The van der Waals surface area contributed by atoms with Crippen molar-refractivity contribution < 1.29 is 28.6 Å². The fourth-order valence-corrected chi connectivity index (χ4v) is 3.85.